The second-order valence-electron chi connectivity index (χ2n) is 10.1. The minimum absolute atomic E-state index is 0.264. The first kappa shape index (κ1) is 29.5. The van der Waals surface area contributed by atoms with E-state index in [4.69, 9.17) is 0 Å². The third-order valence-electron chi connectivity index (χ3n) is 7.02. The van der Waals surface area contributed by atoms with Crippen molar-refractivity contribution >= 4 is 10.8 Å². The molecule has 0 aliphatic carbocycles. The lowest BCUT2D eigenvalue weighted by Crippen LogP contribution is -2.19. The van der Waals surface area contributed by atoms with Gasteiger partial charge in [-0.2, -0.15) is 13.2 Å². The van der Waals surface area contributed by atoms with Crippen LogP contribution in [-0.4, -0.2) is 12.8 Å². The molecule has 7 heteroatoms. The summed E-state index contributed by atoms with van der Waals surface area (Å²) < 4.78 is 85.9. The van der Waals surface area contributed by atoms with Gasteiger partial charge in [-0.1, -0.05) is 75.1 Å². The quantitative estimate of drug-likeness (QED) is 0.124. The van der Waals surface area contributed by atoms with E-state index < -0.39 is 30.2 Å². The maximum absolute atomic E-state index is 15.3. The molecule has 0 fully saturated rings. The fourth-order valence-corrected chi connectivity index (χ4v) is 4.83. The zero-order valence-corrected chi connectivity index (χ0v) is 22.4. The molecule has 0 aromatic heterocycles. The molecule has 0 saturated carbocycles. The molecule has 0 N–H and O–H groups in total. The second-order valence-corrected chi connectivity index (χ2v) is 10.1. The van der Waals surface area contributed by atoms with Crippen molar-refractivity contribution in [2.45, 2.75) is 64.5 Å². The van der Waals surface area contributed by atoms with Gasteiger partial charge in [0, 0.05) is 10.9 Å². The van der Waals surface area contributed by atoms with Crippen LogP contribution in [0.25, 0.3) is 21.9 Å². The molecule has 0 aliphatic heterocycles. The number of aryl methyl sites for hydroxylation is 3. The van der Waals surface area contributed by atoms with Crippen LogP contribution in [0.3, 0.4) is 0 Å². The van der Waals surface area contributed by atoms with E-state index in [0.29, 0.717) is 33.0 Å². The Bertz CT molecular complexity index is 1440. The summed E-state index contributed by atoms with van der Waals surface area (Å²) in [7, 11) is 0. The molecule has 0 bridgehead atoms. The first-order valence-corrected chi connectivity index (χ1v) is 13.6. The van der Waals surface area contributed by atoms with Gasteiger partial charge < -0.3 is 4.74 Å². The maximum Gasteiger partial charge on any atom is 0.422 e. The summed E-state index contributed by atoms with van der Waals surface area (Å²) in [4.78, 5) is 0. The van der Waals surface area contributed by atoms with Crippen molar-refractivity contribution in [2.24, 2.45) is 0 Å². The zero-order chi connectivity index (χ0) is 28.7. The average Bonchev–Trinajstić information content (AvgIpc) is 2.91. The largest absolute Gasteiger partial charge is 0.481 e. The third kappa shape index (κ3) is 7.80. The fourth-order valence-electron chi connectivity index (χ4n) is 4.83. The summed E-state index contributed by atoms with van der Waals surface area (Å²) in [6.07, 6.45) is 2.60. The Morgan fingerprint density at radius 3 is 2.12 bits per heavy atom. The molecule has 0 spiro atoms. The highest BCUT2D eigenvalue weighted by Crippen LogP contribution is 2.30. The van der Waals surface area contributed by atoms with Crippen LogP contribution in [0.4, 0.5) is 26.3 Å². The van der Waals surface area contributed by atoms with E-state index >= 15 is 4.39 Å². The highest BCUT2D eigenvalue weighted by atomic mass is 19.4. The van der Waals surface area contributed by atoms with E-state index in [1.165, 1.54) is 25.3 Å². The molecule has 0 atom stereocenters. The van der Waals surface area contributed by atoms with Gasteiger partial charge in [-0.05, 0) is 77.6 Å². The van der Waals surface area contributed by atoms with Crippen LogP contribution in [0.1, 0.15) is 55.7 Å². The molecule has 0 saturated heterocycles. The summed E-state index contributed by atoms with van der Waals surface area (Å²) in [5.41, 5.74) is 3.03. The van der Waals surface area contributed by atoms with Gasteiger partial charge in [-0.3, -0.25) is 0 Å². The smallest absolute Gasteiger partial charge is 0.422 e. The van der Waals surface area contributed by atoms with Gasteiger partial charge in [-0.15, -0.1) is 0 Å². The fraction of sp³-hybridized carbons (Fsp3) is 0.333. The van der Waals surface area contributed by atoms with Gasteiger partial charge in [0.05, 0.1) is 0 Å². The van der Waals surface area contributed by atoms with Crippen molar-refractivity contribution < 1.29 is 31.1 Å². The number of hydrogen-bond donors (Lipinski definition) is 0. The zero-order valence-electron chi connectivity index (χ0n) is 22.4. The Morgan fingerprint density at radius 1 is 0.675 bits per heavy atom. The highest BCUT2D eigenvalue weighted by Gasteiger charge is 2.29. The van der Waals surface area contributed by atoms with Crippen molar-refractivity contribution in [1.29, 1.82) is 0 Å². The van der Waals surface area contributed by atoms with Crippen molar-refractivity contribution in [3.8, 4) is 16.9 Å². The molecule has 0 aliphatic rings. The predicted molar refractivity (Wildman–Crippen MR) is 147 cm³/mol. The van der Waals surface area contributed by atoms with Crippen LogP contribution >= 0.6 is 0 Å². The first-order chi connectivity index (χ1) is 19.1. The summed E-state index contributed by atoms with van der Waals surface area (Å²) in [5.74, 6) is -2.10. The Hall–Kier alpha value is -3.48. The monoisotopic (exact) mass is 558 g/mol. The lowest BCUT2D eigenvalue weighted by Gasteiger charge is -2.12. The van der Waals surface area contributed by atoms with Gasteiger partial charge in [0.2, 0.25) is 0 Å². The molecule has 0 heterocycles. The molecule has 4 aromatic rings. The Labute approximate surface area is 230 Å². The molecular weight excluding hydrogens is 526 g/mol. The van der Waals surface area contributed by atoms with Gasteiger partial charge >= 0.3 is 6.18 Å². The lowest BCUT2D eigenvalue weighted by atomic mass is 9.96. The first-order valence-electron chi connectivity index (χ1n) is 13.6. The predicted octanol–water partition coefficient (Wildman–Crippen LogP) is 10.2. The van der Waals surface area contributed by atoms with Crippen molar-refractivity contribution in [2.75, 3.05) is 6.61 Å². The molecule has 40 heavy (non-hydrogen) atoms. The maximum atomic E-state index is 15.3. The van der Waals surface area contributed by atoms with Crippen LogP contribution in [-0.2, 0) is 19.3 Å². The number of rotatable bonds is 12. The standard InChI is InChI=1S/C33H32F6O/c1-2-3-4-5-6-7-22-9-15-27(29(34)18-22)25-14-16-28-26(20-25)13-12-24(32(28)36)11-8-23-10-17-31(30(35)19-23)40-21-33(37,38)39/h9-10,12-20H,2-8,11,21H2,1H3. The van der Waals surface area contributed by atoms with Crippen LogP contribution in [0.5, 0.6) is 5.75 Å². The van der Waals surface area contributed by atoms with E-state index in [9.17, 15) is 22.0 Å². The van der Waals surface area contributed by atoms with Gasteiger partial charge in [0.25, 0.3) is 0 Å². The summed E-state index contributed by atoms with van der Waals surface area (Å²) in [6, 6.07) is 17.5. The van der Waals surface area contributed by atoms with Crippen molar-refractivity contribution in [3.05, 3.63) is 101 Å². The van der Waals surface area contributed by atoms with E-state index in [1.54, 1.807) is 42.5 Å². The molecular formula is C33H32F6O. The normalized spacial score (nSPS) is 11.8. The lowest BCUT2D eigenvalue weighted by molar-refractivity contribution is -0.153. The van der Waals surface area contributed by atoms with Crippen molar-refractivity contribution in [3.63, 3.8) is 0 Å². The molecule has 0 amide bonds. The Kier molecular flexibility index (Phi) is 9.77. The SMILES string of the molecule is CCCCCCCc1ccc(-c2ccc3c(F)c(CCc4ccc(OCC(F)(F)F)c(F)c4)ccc3c2)c(F)c1. The van der Waals surface area contributed by atoms with Crippen LogP contribution in [0.2, 0.25) is 0 Å². The van der Waals surface area contributed by atoms with Gasteiger partial charge in [-0.25, -0.2) is 13.2 Å². The van der Waals surface area contributed by atoms with Crippen LogP contribution < -0.4 is 4.74 Å². The van der Waals surface area contributed by atoms with E-state index in [2.05, 4.69) is 11.7 Å². The number of alkyl halides is 3. The molecule has 4 aromatic carbocycles. The number of halogens is 6. The summed E-state index contributed by atoms with van der Waals surface area (Å²) >= 11 is 0. The number of benzene rings is 4. The minimum atomic E-state index is -4.56. The van der Waals surface area contributed by atoms with E-state index in [0.717, 1.165) is 37.0 Å². The minimum Gasteiger partial charge on any atom is -0.481 e. The molecule has 1 nitrogen and oxygen atoms in total. The number of ether oxygens (including phenoxy) is 1. The molecule has 212 valence electrons. The Morgan fingerprint density at radius 2 is 1.40 bits per heavy atom. The van der Waals surface area contributed by atoms with Gasteiger partial charge in [0.1, 0.15) is 11.6 Å². The topological polar surface area (TPSA) is 9.23 Å². The number of fused-ring (bicyclic) bond motifs is 1. The third-order valence-corrected chi connectivity index (χ3v) is 7.02. The molecule has 0 unspecified atom stereocenters. The summed E-state index contributed by atoms with van der Waals surface area (Å²) in [5, 5.41) is 1.03. The summed E-state index contributed by atoms with van der Waals surface area (Å²) in [6.45, 7) is 0.594. The van der Waals surface area contributed by atoms with Gasteiger partial charge in [0.15, 0.2) is 18.2 Å². The van der Waals surface area contributed by atoms with Crippen LogP contribution in [0, 0.1) is 17.5 Å². The Balaban J connectivity index is 1.43. The number of hydrogen-bond acceptors (Lipinski definition) is 1. The molecule has 0 radical (unpaired) electrons. The van der Waals surface area contributed by atoms with Crippen LogP contribution in [0.15, 0.2) is 66.7 Å². The molecule has 4 rings (SSSR count). The van der Waals surface area contributed by atoms with Crippen molar-refractivity contribution in [1.82, 2.24) is 0 Å². The van der Waals surface area contributed by atoms with E-state index in [1.807, 2.05) is 6.07 Å². The second kappa shape index (κ2) is 13.2. The highest BCUT2D eigenvalue weighted by molar-refractivity contribution is 5.88. The number of unbranched alkanes of at least 4 members (excludes halogenated alkanes) is 4. The average molecular weight is 559 g/mol. The van der Waals surface area contributed by atoms with E-state index in [-0.39, 0.29) is 18.7 Å².